The predicted octanol–water partition coefficient (Wildman–Crippen LogP) is 0.990. The molecule has 1 unspecified atom stereocenters. The summed E-state index contributed by atoms with van der Waals surface area (Å²) in [6, 6.07) is 4.57. The van der Waals surface area contributed by atoms with Crippen molar-refractivity contribution in [2.24, 2.45) is 11.7 Å². The summed E-state index contributed by atoms with van der Waals surface area (Å²) in [5.74, 6) is -0.973. The Bertz CT molecular complexity index is 660. The summed E-state index contributed by atoms with van der Waals surface area (Å²) in [7, 11) is 0. The molecule has 0 aliphatic rings. The molecular formula is C14H18N4O2. The Hall–Kier alpha value is -2.50. The predicted molar refractivity (Wildman–Crippen MR) is 78.0 cm³/mol. The number of carbonyl (C=O) groups is 2. The number of nitrogen functional groups attached to an aromatic ring is 1. The average Bonchev–Trinajstić information content (AvgIpc) is 2.77. The van der Waals surface area contributed by atoms with Crippen LogP contribution >= 0.6 is 0 Å². The Morgan fingerprint density at radius 1 is 1.30 bits per heavy atom. The number of carbonyl (C=O) groups excluding carboxylic acids is 2. The van der Waals surface area contributed by atoms with Gasteiger partial charge >= 0.3 is 0 Å². The summed E-state index contributed by atoms with van der Waals surface area (Å²) in [6.45, 7) is 3.64. The van der Waals surface area contributed by atoms with Crippen LogP contribution < -0.4 is 16.8 Å². The number of hydrogen-bond acceptors (Lipinski definition) is 3. The van der Waals surface area contributed by atoms with Gasteiger partial charge in [0.2, 0.25) is 5.91 Å². The number of benzene rings is 1. The first-order valence-electron chi connectivity index (χ1n) is 6.37. The van der Waals surface area contributed by atoms with E-state index in [1.165, 1.54) is 0 Å². The van der Waals surface area contributed by atoms with Crippen LogP contribution in [0.4, 0.5) is 5.69 Å². The lowest BCUT2D eigenvalue weighted by atomic mass is 10.0. The second kappa shape index (κ2) is 5.24. The molecule has 1 atom stereocenters. The van der Waals surface area contributed by atoms with Gasteiger partial charge in [0.15, 0.2) is 0 Å². The average molecular weight is 274 g/mol. The number of amides is 2. The van der Waals surface area contributed by atoms with Crippen LogP contribution in [0.25, 0.3) is 10.9 Å². The molecule has 0 aliphatic carbocycles. The van der Waals surface area contributed by atoms with Crippen LogP contribution in [0, 0.1) is 5.92 Å². The van der Waals surface area contributed by atoms with E-state index in [2.05, 4.69) is 10.3 Å². The fourth-order valence-corrected chi connectivity index (χ4v) is 2.11. The number of H-pyrrole nitrogens is 1. The summed E-state index contributed by atoms with van der Waals surface area (Å²) < 4.78 is 0. The maximum absolute atomic E-state index is 12.3. The molecule has 0 bridgehead atoms. The SMILES string of the molecule is CC(C)C(NC(=O)c1c[nH]c2ccc(N)cc12)C(N)=O. The first-order valence-corrected chi connectivity index (χ1v) is 6.37. The zero-order chi connectivity index (χ0) is 14.9. The third-order valence-electron chi connectivity index (χ3n) is 3.21. The van der Waals surface area contributed by atoms with E-state index in [0.717, 1.165) is 10.9 Å². The largest absolute Gasteiger partial charge is 0.399 e. The topological polar surface area (TPSA) is 114 Å². The molecular weight excluding hydrogens is 256 g/mol. The van der Waals surface area contributed by atoms with Gasteiger partial charge in [0.25, 0.3) is 5.91 Å². The van der Waals surface area contributed by atoms with E-state index in [0.29, 0.717) is 11.3 Å². The minimum absolute atomic E-state index is 0.0771. The molecule has 2 aromatic rings. The third kappa shape index (κ3) is 2.59. The van der Waals surface area contributed by atoms with Crippen molar-refractivity contribution in [2.45, 2.75) is 19.9 Å². The third-order valence-corrected chi connectivity index (χ3v) is 3.21. The number of nitrogens with two attached hydrogens (primary N) is 2. The molecule has 1 aromatic heterocycles. The normalized spacial score (nSPS) is 12.6. The Kier molecular flexibility index (Phi) is 3.65. The first kappa shape index (κ1) is 13.9. The van der Waals surface area contributed by atoms with E-state index in [-0.39, 0.29) is 11.8 Å². The number of nitrogens with one attached hydrogen (secondary N) is 2. The molecule has 6 N–H and O–H groups in total. The number of fused-ring (bicyclic) bond motifs is 1. The minimum Gasteiger partial charge on any atom is -0.399 e. The smallest absolute Gasteiger partial charge is 0.254 e. The lowest BCUT2D eigenvalue weighted by Crippen LogP contribution is -2.47. The highest BCUT2D eigenvalue weighted by molar-refractivity contribution is 6.08. The molecule has 0 radical (unpaired) electrons. The number of hydrogen-bond donors (Lipinski definition) is 4. The number of aromatic amines is 1. The number of anilines is 1. The highest BCUT2D eigenvalue weighted by Crippen LogP contribution is 2.21. The van der Waals surface area contributed by atoms with E-state index >= 15 is 0 Å². The van der Waals surface area contributed by atoms with Crippen molar-refractivity contribution in [1.29, 1.82) is 0 Å². The number of aromatic nitrogens is 1. The van der Waals surface area contributed by atoms with Gasteiger partial charge in [0, 0.05) is 22.8 Å². The standard InChI is InChI=1S/C14H18N4O2/c1-7(2)12(13(16)19)18-14(20)10-6-17-11-4-3-8(15)5-9(10)11/h3-7,12,17H,15H2,1-2H3,(H2,16,19)(H,18,20). The summed E-state index contributed by atoms with van der Waals surface area (Å²) in [4.78, 5) is 26.6. The molecule has 6 heteroatoms. The number of primary amides is 1. The van der Waals surface area contributed by atoms with Gasteiger partial charge < -0.3 is 21.8 Å². The lowest BCUT2D eigenvalue weighted by Gasteiger charge is -2.18. The van der Waals surface area contributed by atoms with E-state index in [1.807, 2.05) is 13.8 Å². The van der Waals surface area contributed by atoms with Crippen LogP contribution in [0.1, 0.15) is 24.2 Å². The molecule has 2 amide bonds. The zero-order valence-corrected chi connectivity index (χ0v) is 11.4. The second-order valence-corrected chi connectivity index (χ2v) is 5.10. The summed E-state index contributed by atoms with van der Waals surface area (Å²) in [5.41, 5.74) is 12.8. The van der Waals surface area contributed by atoms with E-state index < -0.39 is 11.9 Å². The van der Waals surface area contributed by atoms with Crippen LogP contribution in [0.5, 0.6) is 0 Å². The van der Waals surface area contributed by atoms with Crippen molar-refractivity contribution >= 4 is 28.4 Å². The minimum atomic E-state index is -0.700. The molecule has 0 fully saturated rings. The Morgan fingerprint density at radius 2 is 2.00 bits per heavy atom. The Labute approximate surface area is 116 Å². The van der Waals surface area contributed by atoms with Crippen LogP contribution in [-0.4, -0.2) is 22.8 Å². The van der Waals surface area contributed by atoms with Gasteiger partial charge in [-0.3, -0.25) is 9.59 Å². The zero-order valence-electron chi connectivity index (χ0n) is 11.4. The summed E-state index contributed by atoms with van der Waals surface area (Å²) in [6.07, 6.45) is 1.60. The second-order valence-electron chi connectivity index (χ2n) is 5.10. The molecule has 106 valence electrons. The quantitative estimate of drug-likeness (QED) is 0.623. The van der Waals surface area contributed by atoms with Crippen LogP contribution in [-0.2, 0) is 4.79 Å². The van der Waals surface area contributed by atoms with Crippen molar-refractivity contribution in [3.8, 4) is 0 Å². The van der Waals surface area contributed by atoms with Gasteiger partial charge in [-0.1, -0.05) is 13.8 Å². The molecule has 6 nitrogen and oxygen atoms in total. The van der Waals surface area contributed by atoms with Crippen LogP contribution in [0.15, 0.2) is 24.4 Å². The molecule has 0 aliphatic heterocycles. The molecule has 1 heterocycles. The highest BCUT2D eigenvalue weighted by atomic mass is 16.2. The monoisotopic (exact) mass is 274 g/mol. The first-order chi connectivity index (χ1) is 9.40. The van der Waals surface area contributed by atoms with E-state index in [4.69, 9.17) is 11.5 Å². The van der Waals surface area contributed by atoms with E-state index in [1.54, 1.807) is 24.4 Å². The Morgan fingerprint density at radius 3 is 2.60 bits per heavy atom. The van der Waals surface area contributed by atoms with Gasteiger partial charge in [-0.05, 0) is 24.1 Å². The molecule has 1 aromatic carbocycles. The van der Waals surface area contributed by atoms with Gasteiger partial charge in [0.05, 0.1) is 5.56 Å². The maximum Gasteiger partial charge on any atom is 0.254 e. The fraction of sp³-hybridized carbons (Fsp3) is 0.286. The van der Waals surface area contributed by atoms with Crippen molar-refractivity contribution < 1.29 is 9.59 Å². The molecule has 0 saturated heterocycles. The molecule has 20 heavy (non-hydrogen) atoms. The van der Waals surface area contributed by atoms with Crippen molar-refractivity contribution in [3.05, 3.63) is 30.0 Å². The van der Waals surface area contributed by atoms with Crippen LogP contribution in [0.2, 0.25) is 0 Å². The van der Waals surface area contributed by atoms with Gasteiger partial charge in [-0.15, -0.1) is 0 Å². The van der Waals surface area contributed by atoms with Gasteiger partial charge in [-0.2, -0.15) is 0 Å². The van der Waals surface area contributed by atoms with Crippen molar-refractivity contribution in [1.82, 2.24) is 10.3 Å². The molecule has 0 spiro atoms. The highest BCUT2D eigenvalue weighted by Gasteiger charge is 2.23. The number of rotatable bonds is 4. The van der Waals surface area contributed by atoms with Crippen molar-refractivity contribution in [3.63, 3.8) is 0 Å². The van der Waals surface area contributed by atoms with Gasteiger partial charge in [-0.25, -0.2) is 0 Å². The molecule has 2 rings (SSSR count). The van der Waals surface area contributed by atoms with Gasteiger partial charge in [0.1, 0.15) is 6.04 Å². The van der Waals surface area contributed by atoms with E-state index in [9.17, 15) is 9.59 Å². The maximum atomic E-state index is 12.3. The van der Waals surface area contributed by atoms with Crippen LogP contribution in [0.3, 0.4) is 0 Å². The summed E-state index contributed by atoms with van der Waals surface area (Å²) >= 11 is 0. The van der Waals surface area contributed by atoms with Crippen molar-refractivity contribution in [2.75, 3.05) is 5.73 Å². The lowest BCUT2D eigenvalue weighted by molar-refractivity contribution is -0.120. The fourth-order valence-electron chi connectivity index (χ4n) is 2.11. The molecule has 0 saturated carbocycles. The Balaban J connectivity index is 2.32. The summed E-state index contributed by atoms with van der Waals surface area (Å²) in [5, 5.41) is 3.37.